The van der Waals surface area contributed by atoms with E-state index in [0.717, 1.165) is 35.0 Å². The largest absolute Gasteiger partial charge is 0.460 e. The van der Waals surface area contributed by atoms with E-state index in [2.05, 4.69) is 41.2 Å². The number of thioether (sulfide) groups is 1. The fourth-order valence-corrected chi connectivity index (χ4v) is 4.60. The van der Waals surface area contributed by atoms with E-state index in [4.69, 9.17) is 4.74 Å². The predicted octanol–water partition coefficient (Wildman–Crippen LogP) is 1.14. The molecule has 1 fully saturated rings. The molecule has 0 aliphatic carbocycles. The lowest BCUT2D eigenvalue weighted by Gasteiger charge is -2.39. The monoisotopic (exact) mass is 420 g/mol. The molecule has 8 heteroatoms. The summed E-state index contributed by atoms with van der Waals surface area (Å²) in [5.74, 6) is 0.878. The number of benzene rings is 1. The summed E-state index contributed by atoms with van der Waals surface area (Å²) in [5.41, 5.74) is 3.05. The molecule has 1 aliphatic heterocycles. The molecule has 158 valence electrons. The molecule has 0 bridgehead atoms. The van der Waals surface area contributed by atoms with Crippen LogP contribution in [0.2, 0.25) is 0 Å². The van der Waals surface area contributed by atoms with E-state index >= 15 is 0 Å². The second kappa shape index (κ2) is 9.40. The third-order valence-corrected chi connectivity index (χ3v) is 6.60. The van der Waals surface area contributed by atoms with Gasteiger partial charge in [-0.05, 0) is 31.4 Å². The van der Waals surface area contributed by atoms with E-state index in [1.54, 1.807) is 6.92 Å². The van der Waals surface area contributed by atoms with Gasteiger partial charge in [0.2, 0.25) is 5.88 Å². The summed E-state index contributed by atoms with van der Waals surface area (Å²) in [5, 5.41) is 39.3. The van der Waals surface area contributed by atoms with Gasteiger partial charge in [-0.2, -0.15) is 4.98 Å². The third kappa shape index (κ3) is 4.90. The fourth-order valence-electron chi connectivity index (χ4n) is 3.38. The summed E-state index contributed by atoms with van der Waals surface area (Å²) in [6.45, 7) is 5.42. The van der Waals surface area contributed by atoms with E-state index in [1.807, 2.05) is 6.92 Å². The zero-order valence-electron chi connectivity index (χ0n) is 16.8. The molecule has 2 aromatic rings. The van der Waals surface area contributed by atoms with Crippen molar-refractivity contribution in [1.82, 2.24) is 9.97 Å². The van der Waals surface area contributed by atoms with Crippen LogP contribution in [-0.2, 0) is 12.8 Å². The van der Waals surface area contributed by atoms with Crippen molar-refractivity contribution in [2.45, 2.75) is 62.6 Å². The SMILES string of the molecule is CCc1ccc(Cc2c(C)nc(C)nc2O[C@@H]2S[C@H](CO)[C@@H](O)[C@H](O)[C@H]2O)cc1. The van der Waals surface area contributed by atoms with Gasteiger partial charge in [-0.3, -0.25) is 0 Å². The quantitative estimate of drug-likeness (QED) is 0.550. The van der Waals surface area contributed by atoms with Gasteiger partial charge in [-0.25, -0.2) is 4.98 Å². The van der Waals surface area contributed by atoms with Gasteiger partial charge in [0.25, 0.3) is 0 Å². The number of aromatic nitrogens is 2. The number of aryl methyl sites for hydroxylation is 3. The van der Waals surface area contributed by atoms with Crippen LogP contribution >= 0.6 is 11.8 Å². The molecule has 5 atom stereocenters. The maximum atomic E-state index is 10.4. The van der Waals surface area contributed by atoms with E-state index < -0.39 is 29.0 Å². The Labute approximate surface area is 174 Å². The van der Waals surface area contributed by atoms with Crippen LogP contribution in [0.25, 0.3) is 0 Å². The zero-order chi connectivity index (χ0) is 21.1. The van der Waals surface area contributed by atoms with Gasteiger partial charge in [-0.1, -0.05) is 31.2 Å². The normalized spacial score (nSPS) is 27.1. The zero-order valence-corrected chi connectivity index (χ0v) is 17.6. The van der Waals surface area contributed by atoms with Gasteiger partial charge in [0.05, 0.1) is 18.0 Å². The van der Waals surface area contributed by atoms with Crippen molar-refractivity contribution in [3.8, 4) is 5.88 Å². The lowest BCUT2D eigenvalue weighted by molar-refractivity contribution is -0.0915. The molecule has 0 saturated carbocycles. The van der Waals surface area contributed by atoms with Crippen LogP contribution in [0.4, 0.5) is 0 Å². The molecule has 4 N–H and O–H groups in total. The molecule has 0 unspecified atom stereocenters. The lowest BCUT2D eigenvalue weighted by Crippen LogP contribution is -2.55. The van der Waals surface area contributed by atoms with Gasteiger partial charge in [0.1, 0.15) is 18.0 Å². The number of ether oxygens (including phenoxy) is 1. The lowest BCUT2D eigenvalue weighted by atomic mass is 10.0. The van der Waals surface area contributed by atoms with Crippen LogP contribution in [-0.4, -0.2) is 66.0 Å². The van der Waals surface area contributed by atoms with E-state index in [0.29, 0.717) is 18.1 Å². The first-order valence-corrected chi connectivity index (χ1v) is 10.7. The Kier molecular flexibility index (Phi) is 7.13. The van der Waals surface area contributed by atoms with Crippen molar-refractivity contribution in [2.24, 2.45) is 0 Å². The summed E-state index contributed by atoms with van der Waals surface area (Å²) in [6.07, 6.45) is -2.42. The first kappa shape index (κ1) is 22.0. The minimum atomic E-state index is -1.41. The molecule has 1 aromatic heterocycles. The standard InChI is InChI=1S/C21H28N2O5S/c1-4-13-5-7-14(8-6-13)9-15-11(2)22-12(3)23-20(15)28-21-19(27)18(26)17(25)16(10-24)29-21/h5-8,16-19,21,24-27H,4,9-10H2,1-3H3/t16-,17-,18+,19-,21-/m1/s1. The number of aliphatic hydroxyl groups is 4. The second-order valence-electron chi connectivity index (χ2n) is 7.30. The number of hydrogen-bond acceptors (Lipinski definition) is 8. The van der Waals surface area contributed by atoms with Crippen LogP contribution in [0.5, 0.6) is 5.88 Å². The van der Waals surface area contributed by atoms with Crippen molar-refractivity contribution in [3.05, 3.63) is 52.5 Å². The average Bonchev–Trinajstić information content (AvgIpc) is 2.71. The molecule has 1 saturated heterocycles. The number of aliphatic hydroxyl groups excluding tert-OH is 4. The molecule has 0 spiro atoms. The molecule has 29 heavy (non-hydrogen) atoms. The smallest absolute Gasteiger partial charge is 0.221 e. The van der Waals surface area contributed by atoms with Gasteiger partial charge in [0, 0.05) is 17.7 Å². The highest BCUT2D eigenvalue weighted by Crippen LogP contribution is 2.35. The van der Waals surface area contributed by atoms with Gasteiger partial charge in [0.15, 0.2) is 5.44 Å². The summed E-state index contributed by atoms with van der Waals surface area (Å²) in [4.78, 5) is 8.87. The summed E-state index contributed by atoms with van der Waals surface area (Å²) >= 11 is 1.09. The minimum absolute atomic E-state index is 0.339. The van der Waals surface area contributed by atoms with Crippen molar-refractivity contribution in [2.75, 3.05) is 6.61 Å². The molecule has 1 aromatic carbocycles. The molecule has 1 aliphatic rings. The Bertz CT molecular complexity index is 831. The van der Waals surface area contributed by atoms with E-state index in [9.17, 15) is 20.4 Å². The maximum Gasteiger partial charge on any atom is 0.221 e. The van der Waals surface area contributed by atoms with E-state index in [1.165, 1.54) is 5.56 Å². The Morgan fingerprint density at radius 1 is 0.966 bits per heavy atom. The topological polar surface area (TPSA) is 116 Å². The molecule has 2 heterocycles. The molecule has 3 rings (SSSR count). The average molecular weight is 421 g/mol. The Morgan fingerprint density at radius 2 is 1.62 bits per heavy atom. The summed E-state index contributed by atoms with van der Waals surface area (Å²) in [7, 11) is 0. The Hall–Kier alpha value is -1.71. The predicted molar refractivity (Wildman–Crippen MR) is 111 cm³/mol. The number of hydrogen-bond donors (Lipinski definition) is 4. The maximum absolute atomic E-state index is 10.4. The molecular weight excluding hydrogens is 392 g/mol. The van der Waals surface area contributed by atoms with Crippen LogP contribution < -0.4 is 4.74 Å². The molecule has 0 amide bonds. The van der Waals surface area contributed by atoms with Crippen molar-refractivity contribution in [3.63, 3.8) is 0 Å². The van der Waals surface area contributed by atoms with Crippen LogP contribution in [0.1, 0.15) is 35.1 Å². The fraction of sp³-hybridized carbons (Fsp3) is 0.524. The Balaban J connectivity index is 1.88. The van der Waals surface area contributed by atoms with E-state index in [-0.39, 0.29) is 6.61 Å². The van der Waals surface area contributed by atoms with Crippen LogP contribution in [0, 0.1) is 13.8 Å². The highest BCUT2D eigenvalue weighted by atomic mass is 32.2. The van der Waals surface area contributed by atoms with Gasteiger partial charge < -0.3 is 25.2 Å². The van der Waals surface area contributed by atoms with Gasteiger partial charge >= 0.3 is 0 Å². The number of nitrogens with zero attached hydrogens (tertiary/aromatic N) is 2. The van der Waals surface area contributed by atoms with Crippen LogP contribution in [0.15, 0.2) is 24.3 Å². The first-order chi connectivity index (χ1) is 13.8. The summed E-state index contributed by atoms with van der Waals surface area (Å²) in [6, 6.07) is 8.30. The van der Waals surface area contributed by atoms with Crippen molar-refractivity contribution >= 4 is 11.8 Å². The van der Waals surface area contributed by atoms with Crippen molar-refractivity contribution < 1.29 is 25.2 Å². The molecular formula is C21H28N2O5S. The molecule has 0 radical (unpaired) electrons. The minimum Gasteiger partial charge on any atom is -0.460 e. The summed E-state index contributed by atoms with van der Waals surface area (Å²) < 4.78 is 6.01. The highest BCUT2D eigenvalue weighted by molar-refractivity contribution is 8.00. The van der Waals surface area contributed by atoms with Gasteiger partial charge in [-0.15, -0.1) is 11.8 Å². The highest BCUT2D eigenvalue weighted by Gasteiger charge is 2.44. The Morgan fingerprint density at radius 3 is 2.24 bits per heavy atom. The second-order valence-corrected chi connectivity index (χ2v) is 8.64. The van der Waals surface area contributed by atoms with Crippen molar-refractivity contribution in [1.29, 1.82) is 0 Å². The first-order valence-electron chi connectivity index (χ1n) is 9.73. The van der Waals surface area contributed by atoms with Crippen LogP contribution in [0.3, 0.4) is 0 Å². The number of rotatable bonds is 6. The molecule has 7 nitrogen and oxygen atoms in total. The third-order valence-electron chi connectivity index (χ3n) is 5.18.